The standard InChI is InChI=1S/C16H16BrFN2O/c1-9-3-12(16(19)20)4-10(2)15(9)21-8-11-5-13(17)7-14(18)6-11/h3-7H,8H2,1-2H3,(H3,19,20). The van der Waals surface area contributed by atoms with E-state index in [0.29, 0.717) is 10.0 Å². The van der Waals surface area contributed by atoms with Crippen LogP contribution in [-0.4, -0.2) is 5.84 Å². The third-order valence-electron chi connectivity index (χ3n) is 3.08. The lowest BCUT2D eigenvalue weighted by atomic mass is 10.1. The Bertz CT molecular complexity index is 657. The molecule has 0 bridgehead atoms. The van der Waals surface area contributed by atoms with E-state index in [2.05, 4.69) is 15.9 Å². The van der Waals surface area contributed by atoms with E-state index in [1.807, 2.05) is 32.0 Å². The van der Waals surface area contributed by atoms with E-state index in [1.54, 1.807) is 0 Å². The first-order chi connectivity index (χ1) is 9.86. The summed E-state index contributed by atoms with van der Waals surface area (Å²) in [5.74, 6) is 0.463. The van der Waals surface area contributed by atoms with Crippen LogP contribution < -0.4 is 10.5 Å². The van der Waals surface area contributed by atoms with Crippen LogP contribution in [-0.2, 0) is 6.61 Å². The fourth-order valence-corrected chi connectivity index (χ4v) is 2.70. The molecule has 2 aromatic carbocycles. The van der Waals surface area contributed by atoms with Crippen molar-refractivity contribution >= 4 is 21.8 Å². The molecule has 0 atom stereocenters. The van der Waals surface area contributed by atoms with Gasteiger partial charge in [-0.05, 0) is 60.9 Å². The van der Waals surface area contributed by atoms with E-state index in [0.717, 1.165) is 22.4 Å². The van der Waals surface area contributed by atoms with Crippen molar-refractivity contribution in [3.8, 4) is 5.75 Å². The fraction of sp³-hybridized carbons (Fsp3) is 0.188. The minimum absolute atomic E-state index is 0.0295. The van der Waals surface area contributed by atoms with E-state index in [-0.39, 0.29) is 18.3 Å². The largest absolute Gasteiger partial charge is 0.488 e. The number of ether oxygens (including phenoxy) is 1. The monoisotopic (exact) mass is 350 g/mol. The molecular weight excluding hydrogens is 335 g/mol. The molecule has 0 unspecified atom stereocenters. The predicted octanol–water partition coefficient (Wildman–Crippen LogP) is 4.07. The van der Waals surface area contributed by atoms with Gasteiger partial charge in [0.2, 0.25) is 0 Å². The van der Waals surface area contributed by atoms with Crippen LogP contribution in [0.25, 0.3) is 0 Å². The van der Waals surface area contributed by atoms with Crippen molar-refractivity contribution in [2.24, 2.45) is 5.73 Å². The maximum atomic E-state index is 13.3. The fourth-order valence-electron chi connectivity index (χ4n) is 2.18. The van der Waals surface area contributed by atoms with Crippen LogP contribution in [0.4, 0.5) is 4.39 Å². The number of hydrogen-bond donors (Lipinski definition) is 2. The zero-order chi connectivity index (χ0) is 15.6. The van der Waals surface area contributed by atoms with Gasteiger partial charge in [0.05, 0.1) is 0 Å². The quantitative estimate of drug-likeness (QED) is 0.644. The molecule has 5 heteroatoms. The number of hydrogen-bond acceptors (Lipinski definition) is 2. The maximum Gasteiger partial charge on any atom is 0.125 e. The molecule has 0 amide bonds. The maximum absolute atomic E-state index is 13.3. The Labute approximate surface area is 131 Å². The van der Waals surface area contributed by atoms with Gasteiger partial charge in [0.15, 0.2) is 0 Å². The molecule has 0 aromatic heterocycles. The van der Waals surface area contributed by atoms with Gasteiger partial charge >= 0.3 is 0 Å². The number of halogens is 2. The van der Waals surface area contributed by atoms with Gasteiger partial charge in [-0.1, -0.05) is 15.9 Å². The van der Waals surface area contributed by atoms with Crippen LogP contribution in [0.3, 0.4) is 0 Å². The number of nitrogens with two attached hydrogens (primary N) is 1. The highest BCUT2D eigenvalue weighted by molar-refractivity contribution is 9.10. The van der Waals surface area contributed by atoms with Gasteiger partial charge in [-0.25, -0.2) is 4.39 Å². The molecule has 0 aliphatic heterocycles. The molecule has 0 aliphatic rings. The van der Waals surface area contributed by atoms with Crippen LogP contribution in [0.1, 0.15) is 22.3 Å². The van der Waals surface area contributed by atoms with Crippen LogP contribution in [0.5, 0.6) is 5.75 Å². The van der Waals surface area contributed by atoms with Gasteiger partial charge in [0.25, 0.3) is 0 Å². The Morgan fingerprint density at radius 2 is 1.81 bits per heavy atom. The number of rotatable bonds is 4. The minimum Gasteiger partial charge on any atom is -0.488 e. The van der Waals surface area contributed by atoms with Crippen LogP contribution in [0.15, 0.2) is 34.8 Å². The first kappa shape index (κ1) is 15.5. The Balaban J connectivity index is 2.22. The molecule has 110 valence electrons. The Morgan fingerprint density at radius 1 is 1.19 bits per heavy atom. The van der Waals surface area contributed by atoms with Crippen molar-refractivity contribution in [2.75, 3.05) is 0 Å². The molecule has 0 heterocycles. The van der Waals surface area contributed by atoms with Gasteiger partial charge in [0.1, 0.15) is 24.0 Å². The van der Waals surface area contributed by atoms with Crippen LogP contribution >= 0.6 is 15.9 Å². The van der Waals surface area contributed by atoms with Crippen molar-refractivity contribution in [1.82, 2.24) is 0 Å². The van der Waals surface area contributed by atoms with E-state index >= 15 is 0 Å². The van der Waals surface area contributed by atoms with Crippen molar-refractivity contribution in [1.29, 1.82) is 5.41 Å². The van der Waals surface area contributed by atoms with Crippen LogP contribution in [0, 0.1) is 25.1 Å². The molecule has 0 radical (unpaired) electrons. The topological polar surface area (TPSA) is 59.1 Å². The van der Waals surface area contributed by atoms with E-state index in [9.17, 15) is 4.39 Å². The molecule has 0 saturated heterocycles. The number of nitrogens with one attached hydrogen (secondary N) is 1. The van der Waals surface area contributed by atoms with Gasteiger partial charge in [-0.15, -0.1) is 0 Å². The zero-order valence-corrected chi connectivity index (χ0v) is 13.4. The van der Waals surface area contributed by atoms with Crippen LogP contribution in [0.2, 0.25) is 0 Å². The summed E-state index contributed by atoms with van der Waals surface area (Å²) in [5, 5.41) is 7.47. The Morgan fingerprint density at radius 3 is 2.33 bits per heavy atom. The van der Waals surface area contributed by atoms with Gasteiger partial charge < -0.3 is 10.5 Å². The molecule has 0 spiro atoms. The highest BCUT2D eigenvalue weighted by Crippen LogP contribution is 2.26. The second-order valence-corrected chi connectivity index (χ2v) is 5.83. The average molecular weight is 351 g/mol. The molecule has 2 aromatic rings. The summed E-state index contributed by atoms with van der Waals surface area (Å²) in [6.45, 7) is 4.07. The second-order valence-electron chi connectivity index (χ2n) is 4.92. The minimum atomic E-state index is -0.302. The summed E-state index contributed by atoms with van der Waals surface area (Å²) in [4.78, 5) is 0. The predicted molar refractivity (Wildman–Crippen MR) is 85.4 cm³/mol. The molecule has 0 aliphatic carbocycles. The SMILES string of the molecule is Cc1cc(C(=N)N)cc(C)c1OCc1cc(F)cc(Br)c1. The molecule has 0 saturated carbocycles. The van der Waals surface area contributed by atoms with Crippen molar-refractivity contribution in [3.05, 3.63) is 62.9 Å². The summed E-state index contributed by atoms with van der Waals surface area (Å²) < 4.78 is 19.8. The lowest BCUT2D eigenvalue weighted by molar-refractivity contribution is 0.301. The number of benzene rings is 2. The average Bonchev–Trinajstić information content (AvgIpc) is 2.36. The summed E-state index contributed by atoms with van der Waals surface area (Å²) >= 11 is 3.26. The molecule has 3 N–H and O–H groups in total. The first-order valence-electron chi connectivity index (χ1n) is 6.40. The van der Waals surface area contributed by atoms with Crippen molar-refractivity contribution in [3.63, 3.8) is 0 Å². The second kappa shape index (κ2) is 6.26. The molecule has 21 heavy (non-hydrogen) atoms. The molecule has 2 rings (SSSR count). The molecular formula is C16H16BrFN2O. The van der Waals surface area contributed by atoms with Crippen molar-refractivity contribution in [2.45, 2.75) is 20.5 Å². The smallest absolute Gasteiger partial charge is 0.125 e. The van der Waals surface area contributed by atoms with Crippen molar-refractivity contribution < 1.29 is 9.13 Å². The van der Waals surface area contributed by atoms with Gasteiger partial charge in [0, 0.05) is 10.0 Å². The van der Waals surface area contributed by atoms with E-state index in [4.69, 9.17) is 15.9 Å². The normalized spacial score (nSPS) is 10.5. The Hall–Kier alpha value is -1.88. The molecule has 0 fully saturated rings. The third-order valence-corrected chi connectivity index (χ3v) is 3.53. The number of aryl methyl sites for hydroxylation is 2. The summed E-state index contributed by atoms with van der Waals surface area (Å²) in [5.41, 5.74) is 8.71. The summed E-state index contributed by atoms with van der Waals surface area (Å²) in [6.07, 6.45) is 0. The Kier molecular flexibility index (Phi) is 4.63. The first-order valence-corrected chi connectivity index (χ1v) is 7.19. The van der Waals surface area contributed by atoms with E-state index < -0.39 is 0 Å². The van der Waals surface area contributed by atoms with E-state index in [1.165, 1.54) is 12.1 Å². The highest BCUT2D eigenvalue weighted by Gasteiger charge is 2.09. The lowest BCUT2D eigenvalue weighted by Gasteiger charge is -2.14. The highest BCUT2D eigenvalue weighted by atomic mass is 79.9. The lowest BCUT2D eigenvalue weighted by Crippen LogP contribution is -2.12. The summed E-state index contributed by atoms with van der Waals surface area (Å²) in [7, 11) is 0. The van der Waals surface area contributed by atoms with Gasteiger partial charge in [-0.2, -0.15) is 0 Å². The van der Waals surface area contributed by atoms with Gasteiger partial charge in [-0.3, -0.25) is 5.41 Å². The molecule has 3 nitrogen and oxygen atoms in total. The zero-order valence-electron chi connectivity index (χ0n) is 11.8. The number of nitrogen functional groups attached to an aromatic ring is 1. The summed E-state index contributed by atoms with van der Waals surface area (Å²) in [6, 6.07) is 8.29. The third kappa shape index (κ3) is 3.82. The number of amidine groups is 1.